The molecule has 2 aliphatic rings. The molecule has 1 amide bonds. The lowest BCUT2D eigenvalue weighted by Gasteiger charge is -2.42. The molecule has 1 fully saturated rings. The monoisotopic (exact) mass is 481 g/mol. The molecule has 1 saturated heterocycles. The van der Waals surface area contributed by atoms with Crippen LogP contribution in [-0.2, 0) is 16.6 Å². The minimum atomic E-state index is -3.68. The fraction of sp³-hybridized carbons (Fsp3) is 0.304. The Morgan fingerprint density at radius 1 is 1.09 bits per heavy atom. The van der Waals surface area contributed by atoms with E-state index >= 15 is 0 Å². The average molecular weight is 482 g/mol. The number of methoxy groups -OCH3 is 1. The van der Waals surface area contributed by atoms with Gasteiger partial charge in [-0.2, -0.15) is 4.31 Å². The van der Waals surface area contributed by atoms with E-state index in [0.29, 0.717) is 18.8 Å². The van der Waals surface area contributed by atoms with Gasteiger partial charge in [0, 0.05) is 43.6 Å². The molecule has 0 radical (unpaired) electrons. The fourth-order valence-electron chi connectivity index (χ4n) is 4.69. The highest BCUT2D eigenvalue weighted by Gasteiger charge is 2.39. The van der Waals surface area contributed by atoms with Crippen LogP contribution in [0.3, 0.4) is 0 Å². The lowest BCUT2D eigenvalue weighted by molar-refractivity contribution is 0.102. The van der Waals surface area contributed by atoms with Gasteiger partial charge < -0.3 is 14.6 Å². The van der Waals surface area contributed by atoms with Crippen LogP contribution in [0, 0.1) is 5.92 Å². The van der Waals surface area contributed by atoms with Crippen LogP contribution in [-0.4, -0.2) is 53.4 Å². The maximum absolute atomic E-state index is 13.3. The summed E-state index contributed by atoms with van der Waals surface area (Å²) in [5, 5.41) is 2.61. The second-order valence-corrected chi connectivity index (χ2v) is 10.4. The predicted octanol–water partition coefficient (Wildman–Crippen LogP) is 1.71. The summed E-state index contributed by atoms with van der Waals surface area (Å²) in [7, 11) is -2.15. The number of pyridine rings is 1. The Labute approximate surface area is 196 Å². The molecular weight excluding hydrogens is 458 g/mol. The summed E-state index contributed by atoms with van der Waals surface area (Å²) in [6, 6.07) is 9.70. The minimum Gasteiger partial charge on any atom is -0.497 e. The summed E-state index contributed by atoms with van der Waals surface area (Å²) in [6.07, 6.45) is 5.00. The standard InChI is InChI=1S/C23H23N5O5S/c1-33-17-2-4-18(5-3-17)34(31,32)27-12-15-10-16(14-27)21-7-6-19(23(30)28(21)13-15)26-22(29)20-11-24-8-9-25-20/h2-9,11,15-16H,10,12-14H2,1H3,(H,26,29)/t15-,16-/m1/s1. The summed E-state index contributed by atoms with van der Waals surface area (Å²) in [4.78, 5) is 33.6. The zero-order valence-corrected chi connectivity index (χ0v) is 19.2. The van der Waals surface area contributed by atoms with Gasteiger partial charge in [-0.05, 0) is 48.7 Å². The van der Waals surface area contributed by atoms with Crippen molar-refractivity contribution in [1.29, 1.82) is 0 Å². The van der Waals surface area contributed by atoms with Gasteiger partial charge in [0.2, 0.25) is 10.0 Å². The summed E-state index contributed by atoms with van der Waals surface area (Å²) >= 11 is 0. The number of ether oxygens (including phenoxy) is 1. The van der Waals surface area contributed by atoms with E-state index in [0.717, 1.165) is 12.1 Å². The SMILES string of the molecule is COc1ccc(S(=O)(=O)N2C[C@H]3C[C@H](C2)c2ccc(NC(=O)c4cnccn4)c(=O)n2C3)cc1. The normalized spacial score (nSPS) is 19.8. The first kappa shape index (κ1) is 22.2. The van der Waals surface area contributed by atoms with Gasteiger partial charge in [-0.3, -0.25) is 14.6 Å². The van der Waals surface area contributed by atoms with Crippen LogP contribution in [0.2, 0.25) is 0 Å². The summed E-state index contributed by atoms with van der Waals surface area (Å²) < 4.78 is 34.8. The molecule has 0 aliphatic carbocycles. The van der Waals surface area contributed by atoms with Crippen LogP contribution < -0.4 is 15.6 Å². The van der Waals surface area contributed by atoms with Gasteiger partial charge >= 0.3 is 0 Å². The minimum absolute atomic E-state index is 0.0112. The molecule has 1 aromatic carbocycles. The molecule has 1 N–H and O–H groups in total. The number of hydrogen-bond donors (Lipinski definition) is 1. The van der Waals surface area contributed by atoms with Crippen LogP contribution >= 0.6 is 0 Å². The van der Waals surface area contributed by atoms with Crippen molar-refractivity contribution in [2.75, 3.05) is 25.5 Å². The quantitative estimate of drug-likeness (QED) is 0.588. The zero-order chi connectivity index (χ0) is 23.9. The third-order valence-electron chi connectivity index (χ3n) is 6.31. The number of benzene rings is 1. The van der Waals surface area contributed by atoms with Gasteiger partial charge in [0.25, 0.3) is 11.5 Å². The summed E-state index contributed by atoms with van der Waals surface area (Å²) in [6.45, 7) is 0.997. The summed E-state index contributed by atoms with van der Waals surface area (Å²) in [5.74, 6) is -0.0515. The van der Waals surface area contributed by atoms with Crippen molar-refractivity contribution in [3.63, 3.8) is 0 Å². The molecule has 176 valence electrons. The van der Waals surface area contributed by atoms with Crippen molar-refractivity contribution < 1.29 is 17.9 Å². The van der Waals surface area contributed by atoms with E-state index in [4.69, 9.17) is 4.74 Å². The average Bonchev–Trinajstić information content (AvgIpc) is 2.86. The Hall–Kier alpha value is -3.57. The zero-order valence-electron chi connectivity index (χ0n) is 18.4. The smallest absolute Gasteiger partial charge is 0.276 e. The molecule has 0 unspecified atom stereocenters. The molecule has 10 nitrogen and oxygen atoms in total. The number of sulfonamides is 1. The van der Waals surface area contributed by atoms with E-state index < -0.39 is 15.9 Å². The number of aromatic nitrogens is 3. The Morgan fingerprint density at radius 2 is 1.88 bits per heavy atom. The van der Waals surface area contributed by atoms with Gasteiger partial charge in [-0.25, -0.2) is 13.4 Å². The number of hydrogen-bond acceptors (Lipinski definition) is 7. The predicted molar refractivity (Wildman–Crippen MR) is 123 cm³/mol. The van der Waals surface area contributed by atoms with E-state index in [1.165, 1.54) is 30.0 Å². The van der Waals surface area contributed by atoms with Crippen LogP contribution in [0.5, 0.6) is 5.75 Å². The Balaban J connectivity index is 1.39. The lowest BCUT2D eigenvalue weighted by atomic mass is 9.84. The molecule has 34 heavy (non-hydrogen) atoms. The first-order chi connectivity index (χ1) is 16.4. The van der Waals surface area contributed by atoms with Crippen molar-refractivity contribution in [1.82, 2.24) is 18.8 Å². The van der Waals surface area contributed by atoms with Gasteiger partial charge in [0.1, 0.15) is 17.1 Å². The topological polar surface area (TPSA) is 123 Å². The molecule has 0 saturated carbocycles. The second kappa shape index (κ2) is 8.65. The molecule has 0 spiro atoms. The van der Waals surface area contributed by atoms with E-state index in [1.54, 1.807) is 41.0 Å². The molecular formula is C23H23N5O5S. The van der Waals surface area contributed by atoms with Gasteiger partial charge in [0.15, 0.2) is 0 Å². The number of nitrogens with zero attached hydrogens (tertiary/aromatic N) is 4. The number of rotatable bonds is 5. The highest BCUT2D eigenvalue weighted by atomic mass is 32.2. The number of anilines is 1. The first-order valence-electron chi connectivity index (χ1n) is 10.8. The van der Waals surface area contributed by atoms with Gasteiger partial charge in [0.05, 0.1) is 18.2 Å². The molecule has 3 aromatic rings. The summed E-state index contributed by atoms with van der Waals surface area (Å²) in [5.41, 5.74) is 0.729. The molecule has 2 atom stereocenters. The Kier molecular flexibility index (Phi) is 5.66. The lowest BCUT2D eigenvalue weighted by Crippen LogP contribution is -2.49. The number of carbonyl (C=O) groups is 1. The molecule has 2 aliphatic heterocycles. The van der Waals surface area contributed by atoms with E-state index in [9.17, 15) is 18.0 Å². The first-order valence-corrected chi connectivity index (χ1v) is 12.3. The number of amides is 1. The second-order valence-electron chi connectivity index (χ2n) is 8.43. The fourth-order valence-corrected chi connectivity index (χ4v) is 6.25. The van der Waals surface area contributed by atoms with Crippen molar-refractivity contribution in [2.45, 2.75) is 23.8 Å². The Morgan fingerprint density at radius 3 is 2.59 bits per heavy atom. The molecule has 2 bridgehead atoms. The van der Waals surface area contributed by atoms with Gasteiger partial charge in [-0.1, -0.05) is 0 Å². The van der Waals surface area contributed by atoms with Crippen LogP contribution in [0.15, 0.2) is 64.7 Å². The highest BCUT2D eigenvalue weighted by molar-refractivity contribution is 7.89. The van der Waals surface area contributed by atoms with Crippen molar-refractivity contribution in [3.05, 3.63) is 76.7 Å². The molecule has 2 aromatic heterocycles. The van der Waals surface area contributed by atoms with E-state index in [1.807, 2.05) is 0 Å². The third kappa shape index (κ3) is 3.97. The third-order valence-corrected chi connectivity index (χ3v) is 8.16. The molecule has 4 heterocycles. The number of nitrogens with one attached hydrogen (secondary N) is 1. The largest absolute Gasteiger partial charge is 0.497 e. The molecule has 11 heteroatoms. The van der Waals surface area contributed by atoms with Gasteiger partial charge in [-0.15, -0.1) is 0 Å². The maximum Gasteiger partial charge on any atom is 0.276 e. The van der Waals surface area contributed by atoms with E-state index in [2.05, 4.69) is 15.3 Å². The maximum atomic E-state index is 13.3. The van der Waals surface area contributed by atoms with Crippen molar-refractivity contribution in [2.24, 2.45) is 5.92 Å². The highest BCUT2D eigenvalue weighted by Crippen LogP contribution is 2.37. The van der Waals surface area contributed by atoms with Crippen LogP contribution in [0.4, 0.5) is 5.69 Å². The van der Waals surface area contributed by atoms with Crippen LogP contribution in [0.25, 0.3) is 0 Å². The van der Waals surface area contributed by atoms with Crippen molar-refractivity contribution >= 4 is 21.6 Å². The van der Waals surface area contributed by atoms with Crippen LogP contribution in [0.1, 0.15) is 28.5 Å². The number of fused-ring (bicyclic) bond motifs is 4. The number of carbonyl (C=O) groups excluding carboxylic acids is 1. The van der Waals surface area contributed by atoms with Crippen molar-refractivity contribution in [3.8, 4) is 5.75 Å². The van der Waals surface area contributed by atoms with E-state index in [-0.39, 0.29) is 40.2 Å². The Bertz CT molecular complexity index is 1390. The number of piperidine rings is 1. The molecule has 5 rings (SSSR count).